The lowest BCUT2D eigenvalue weighted by molar-refractivity contribution is -0.139. The number of carbonyl (C=O) groups excluding carboxylic acids is 2. The molecule has 0 aromatic heterocycles. The Labute approximate surface area is 190 Å². The summed E-state index contributed by atoms with van der Waals surface area (Å²) in [6, 6.07) is 16.2. The zero-order chi connectivity index (χ0) is 22.2. The molecule has 4 nitrogen and oxygen atoms in total. The highest BCUT2D eigenvalue weighted by Crippen LogP contribution is 2.20. The van der Waals surface area contributed by atoms with Crippen LogP contribution in [0.25, 0.3) is 0 Å². The van der Waals surface area contributed by atoms with Crippen molar-refractivity contribution in [1.29, 1.82) is 0 Å². The molecule has 0 bridgehead atoms. The largest absolute Gasteiger partial charge is 0.352 e. The molecule has 1 aliphatic rings. The van der Waals surface area contributed by atoms with Crippen LogP contribution in [0.2, 0.25) is 0 Å². The summed E-state index contributed by atoms with van der Waals surface area (Å²) in [7, 11) is 0. The van der Waals surface area contributed by atoms with E-state index < -0.39 is 6.04 Å². The van der Waals surface area contributed by atoms with Gasteiger partial charge in [0.1, 0.15) is 6.04 Å². The number of nitrogens with one attached hydrogen (secondary N) is 1. The minimum atomic E-state index is -0.493. The maximum atomic E-state index is 13.2. The van der Waals surface area contributed by atoms with Crippen LogP contribution >= 0.6 is 11.8 Å². The monoisotopic (exact) mass is 438 g/mol. The number of thioether (sulfide) groups is 1. The summed E-state index contributed by atoms with van der Waals surface area (Å²) in [5, 5.41) is 3.16. The van der Waals surface area contributed by atoms with Crippen molar-refractivity contribution >= 4 is 23.6 Å². The molecule has 2 amide bonds. The van der Waals surface area contributed by atoms with Crippen LogP contribution in [0.15, 0.2) is 48.5 Å². The Hall–Kier alpha value is -2.27. The molecule has 31 heavy (non-hydrogen) atoms. The smallest absolute Gasteiger partial charge is 0.242 e. The maximum absolute atomic E-state index is 13.2. The van der Waals surface area contributed by atoms with Gasteiger partial charge < -0.3 is 10.2 Å². The second kappa shape index (κ2) is 11.4. The van der Waals surface area contributed by atoms with Crippen molar-refractivity contribution in [3.05, 3.63) is 70.8 Å². The van der Waals surface area contributed by atoms with E-state index >= 15 is 0 Å². The number of carbonyl (C=O) groups is 2. The molecule has 0 heterocycles. The molecule has 1 saturated carbocycles. The lowest BCUT2D eigenvalue weighted by Crippen LogP contribution is -2.50. The molecule has 1 fully saturated rings. The maximum Gasteiger partial charge on any atom is 0.242 e. The van der Waals surface area contributed by atoms with Crippen LogP contribution < -0.4 is 5.32 Å². The number of aryl methyl sites for hydroxylation is 2. The third kappa shape index (κ3) is 6.86. The van der Waals surface area contributed by atoms with E-state index in [1.807, 2.05) is 38.1 Å². The number of amides is 2. The molecular weight excluding hydrogens is 404 g/mol. The van der Waals surface area contributed by atoms with Crippen molar-refractivity contribution in [2.24, 2.45) is 0 Å². The summed E-state index contributed by atoms with van der Waals surface area (Å²) in [6.45, 7) is 6.43. The van der Waals surface area contributed by atoms with Crippen LogP contribution in [-0.2, 0) is 21.9 Å². The number of rotatable bonds is 9. The summed E-state index contributed by atoms with van der Waals surface area (Å²) in [6.07, 6.45) is 4.41. The van der Waals surface area contributed by atoms with Gasteiger partial charge in [0.25, 0.3) is 0 Å². The average Bonchev–Trinajstić information content (AvgIpc) is 3.27. The standard InChI is InChI=1S/C26H34N2O2S/c1-19-12-14-22(15-13-19)17-31-18-25(29)28(16-23-9-5-4-8-20(23)2)21(3)26(30)27-24-10-6-7-11-24/h4-5,8-9,12-15,21,24H,6-7,10-11,16-18H2,1-3H3,(H,27,30)/t21-/m0/s1. The molecule has 0 unspecified atom stereocenters. The molecule has 0 aliphatic heterocycles. The van der Waals surface area contributed by atoms with Crippen LogP contribution in [0.4, 0.5) is 0 Å². The van der Waals surface area contributed by atoms with Gasteiger partial charge >= 0.3 is 0 Å². The Kier molecular flexibility index (Phi) is 8.59. The summed E-state index contributed by atoms with van der Waals surface area (Å²) in [5.41, 5.74) is 4.66. The third-order valence-electron chi connectivity index (χ3n) is 6.09. The fourth-order valence-electron chi connectivity index (χ4n) is 3.97. The Morgan fingerprint density at radius 3 is 2.42 bits per heavy atom. The van der Waals surface area contributed by atoms with Crippen LogP contribution in [0.5, 0.6) is 0 Å². The number of hydrogen-bond acceptors (Lipinski definition) is 3. The molecule has 0 radical (unpaired) electrons. The van der Waals surface area contributed by atoms with Crippen LogP contribution in [-0.4, -0.2) is 34.6 Å². The normalized spacial score (nSPS) is 14.9. The SMILES string of the molecule is Cc1ccc(CSCC(=O)N(Cc2ccccc2C)[C@@H](C)C(=O)NC2CCCC2)cc1. The summed E-state index contributed by atoms with van der Waals surface area (Å²) < 4.78 is 0. The van der Waals surface area contributed by atoms with E-state index in [2.05, 4.69) is 36.5 Å². The average molecular weight is 439 g/mol. The first kappa shape index (κ1) is 23.4. The first-order chi connectivity index (χ1) is 14.9. The first-order valence-corrected chi connectivity index (χ1v) is 12.4. The molecule has 1 atom stereocenters. The highest BCUT2D eigenvalue weighted by Gasteiger charge is 2.28. The zero-order valence-corrected chi connectivity index (χ0v) is 19.7. The molecule has 0 spiro atoms. The Balaban J connectivity index is 1.66. The van der Waals surface area contributed by atoms with Gasteiger partial charge in [0, 0.05) is 18.3 Å². The number of nitrogens with zero attached hydrogens (tertiary/aromatic N) is 1. The van der Waals surface area contributed by atoms with Crippen molar-refractivity contribution in [2.75, 3.05) is 5.75 Å². The molecule has 2 aromatic rings. The fraction of sp³-hybridized carbons (Fsp3) is 0.462. The molecule has 0 saturated heterocycles. The quantitative estimate of drug-likeness (QED) is 0.598. The second-order valence-corrected chi connectivity index (χ2v) is 9.58. The van der Waals surface area contributed by atoms with Crippen molar-refractivity contribution in [1.82, 2.24) is 10.2 Å². The number of hydrogen-bond donors (Lipinski definition) is 1. The molecule has 2 aromatic carbocycles. The lowest BCUT2D eigenvalue weighted by Gasteiger charge is -2.30. The summed E-state index contributed by atoms with van der Waals surface area (Å²) >= 11 is 1.60. The highest BCUT2D eigenvalue weighted by atomic mass is 32.2. The van der Waals surface area contributed by atoms with Gasteiger partial charge in [0.2, 0.25) is 11.8 Å². The first-order valence-electron chi connectivity index (χ1n) is 11.2. The Morgan fingerprint density at radius 1 is 1.06 bits per heavy atom. The van der Waals surface area contributed by atoms with E-state index in [0.29, 0.717) is 12.3 Å². The van der Waals surface area contributed by atoms with Gasteiger partial charge in [-0.2, -0.15) is 0 Å². The predicted molar refractivity (Wildman–Crippen MR) is 129 cm³/mol. The van der Waals surface area contributed by atoms with Gasteiger partial charge in [-0.1, -0.05) is 66.9 Å². The van der Waals surface area contributed by atoms with Crippen molar-refractivity contribution < 1.29 is 9.59 Å². The predicted octanol–water partition coefficient (Wildman–Crippen LogP) is 5.01. The van der Waals surface area contributed by atoms with Gasteiger partial charge in [-0.05, 0) is 50.3 Å². The van der Waals surface area contributed by atoms with E-state index in [0.717, 1.165) is 29.7 Å². The number of benzene rings is 2. The van der Waals surface area contributed by atoms with Crippen molar-refractivity contribution in [2.45, 2.75) is 70.8 Å². The fourth-order valence-corrected chi connectivity index (χ4v) is 4.84. The van der Waals surface area contributed by atoms with Gasteiger partial charge in [0.05, 0.1) is 5.75 Å². The van der Waals surface area contributed by atoms with Gasteiger partial charge in [-0.3, -0.25) is 9.59 Å². The van der Waals surface area contributed by atoms with Gasteiger partial charge in [0.15, 0.2) is 0 Å². The van der Waals surface area contributed by atoms with E-state index in [1.165, 1.54) is 24.0 Å². The summed E-state index contributed by atoms with van der Waals surface area (Å²) in [5.74, 6) is 1.11. The topological polar surface area (TPSA) is 49.4 Å². The van der Waals surface area contributed by atoms with E-state index in [-0.39, 0.29) is 17.9 Å². The Morgan fingerprint density at radius 2 is 1.74 bits per heavy atom. The van der Waals surface area contributed by atoms with Crippen molar-refractivity contribution in [3.8, 4) is 0 Å². The molecule has 1 aliphatic carbocycles. The zero-order valence-electron chi connectivity index (χ0n) is 18.9. The van der Waals surface area contributed by atoms with E-state index in [9.17, 15) is 9.59 Å². The minimum Gasteiger partial charge on any atom is -0.352 e. The third-order valence-corrected chi connectivity index (χ3v) is 7.07. The van der Waals surface area contributed by atoms with Crippen LogP contribution in [0.3, 0.4) is 0 Å². The van der Waals surface area contributed by atoms with Gasteiger partial charge in [-0.15, -0.1) is 11.8 Å². The van der Waals surface area contributed by atoms with Crippen LogP contribution in [0, 0.1) is 13.8 Å². The molecule has 3 rings (SSSR count). The van der Waals surface area contributed by atoms with Gasteiger partial charge in [-0.25, -0.2) is 0 Å². The van der Waals surface area contributed by atoms with Crippen LogP contribution in [0.1, 0.15) is 54.9 Å². The Bertz CT molecular complexity index is 875. The molecule has 166 valence electrons. The van der Waals surface area contributed by atoms with Crippen molar-refractivity contribution in [3.63, 3.8) is 0 Å². The van der Waals surface area contributed by atoms with E-state index in [1.54, 1.807) is 16.7 Å². The lowest BCUT2D eigenvalue weighted by atomic mass is 10.1. The molecular formula is C26H34N2O2S. The van der Waals surface area contributed by atoms with E-state index in [4.69, 9.17) is 0 Å². The molecule has 1 N–H and O–H groups in total. The second-order valence-electron chi connectivity index (χ2n) is 8.59. The minimum absolute atomic E-state index is 0.00874. The summed E-state index contributed by atoms with van der Waals surface area (Å²) in [4.78, 5) is 27.9. The molecule has 5 heteroatoms. The highest BCUT2D eigenvalue weighted by molar-refractivity contribution is 7.99.